The van der Waals surface area contributed by atoms with E-state index in [2.05, 4.69) is 31.2 Å². The van der Waals surface area contributed by atoms with E-state index in [4.69, 9.17) is 0 Å². The lowest BCUT2D eigenvalue weighted by molar-refractivity contribution is -0.120. The van der Waals surface area contributed by atoms with E-state index in [9.17, 15) is 4.79 Å². The van der Waals surface area contributed by atoms with Gasteiger partial charge in [0.1, 0.15) is 0 Å². The Hall–Kier alpha value is -0.970. The second-order valence-electron chi connectivity index (χ2n) is 4.05. The molecule has 1 aliphatic carbocycles. The van der Waals surface area contributed by atoms with Gasteiger partial charge in [0.2, 0.25) is 11.9 Å². The Morgan fingerprint density at radius 1 is 1.25 bits per heavy atom. The summed E-state index contributed by atoms with van der Waals surface area (Å²) in [4.78, 5) is 19.9. The van der Waals surface area contributed by atoms with Gasteiger partial charge in [0.05, 0.1) is 4.47 Å². The number of nitrogens with one attached hydrogen (secondary N) is 1. The van der Waals surface area contributed by atoms with Gasteiger partial charge in [-0.3, -0.25) is 10.1 Å². The number of hydrogen-bond acceptors (Lipinski definition) is 3. The molecule has 0 unspecified atom stereocenters. The van der Waals surface area contributed by atoms with E-state index in [1.807, 2.05) is 0 Å². The van der Waals surface area contributed by atoms with Crippen molar-refractivity contribution < 1.29 is 4.79 Å². The number of amides is 1. The van der Waals surface area contributed by atoms with Crippen LogP contribution in [-0.4, -0.2) is 15.9 Å². The highest BCUT2D eigenvalue weighted by atomic mass is 79.9. The third-order valence-corrected chi connectivity index (χ3v) is 3.24. The lowest BCUT2D eigenvalue weighted by atomic mass is 9.89. The van der Waals surface area contributed by atoms with Crippen molar-refractivity contribution in [3.05, 3.63) is 16.9 Å². The smallest absolute Gasteiger partial charge is 0.229 e. The van der Waals surface area contributed by atoms with E-state index in [1.165, 1.54) is 6.42 Å². The van der Waals surface area contributed by atoms with Crippen molar-refractivity contribution in [3.63, 3.8) is 0 Å². The number of halogens is 1. The molecule has 0 aromatic carbocycles. The van der Waals surface area contributed by atoms with Crippen LogP contribution in [0.1, 0.15) is 32.1 Å². The van der Waals surface area contributed by atoms with Crippen LogP contribution in [0.25, 0.3) is 0 Å². The maximum absolute atomic E-state index is 11.8. The maximum atomic E-state index is 11.8. The second-order valence-corrected chi connectivity index (χ2v) is 4.96. The molecule has 1 heterocycles. The second kappa shape index (κ2) is 5.39. The predicted octanol–water partition coefficient (Wildman–Crippen LogP) is 2.76. The number of rotatable bonds is 2. The zero-order chi connectivity index (χ0) is 11.4. The average Bonchev–Trinajstić information content (AvgIpc) is 2.33. The Labute approximate surface area is 103 Å². The van der Waals surface area contributed by atoms with Gasteiger partial charge in [-0.15, -0.1) is 0 Å². The van der Waals surface area contributed by atoms with Gasteiger partial charge < -0.3 is 0 Å². The van der Waals surface area contributed by atoms with Gasteiger partial charge in [0.15, 0.2) is 0 Å². The van der Waals surface area contributed by atoms with E-state index < -0.39 is 0 Å². The Bertz CT molecular complexity index is 360. The highest BCUT2D eigenvalue weighted by molar-refractivity contribution is 9.10. The highest BCUT2D eigenvalue weighted by Crippen LogP contribution is 2.24. The monoisotopic (exact) mass is 283 g/mol. The van der Waals surface area contributed by atoms with Gasteiger partial charge >= 0.3 is 0 Å². The topological polar surface area (TPSA) is 54.9 Å². The van der Waals surface area contributed by atoms with E-state index in [1.54, 1.807) is 12.4 Å². The fourth-order valence-electron chi connectivity index (χ4n) is 1.95. The Kier molecular flexibility index (Phi) is 3.88. The van der Waals surface area contributed by atoms with Gasteiger partial charge in [0, 0.05) is 18.3 Å². The highest BCUT2D eigenvalue weighted by Gasteiger charge is 2.21. The van der Waals surface area contributed by atoms with Crippen LogP contribution >= 0.6 is 15.9 Å². The Morgan fingerprint density at radius 3 is 2.50 bits per heavy atom. The van der Waals surface area contributed by atoms with Crippen molar-refractivity contribution in [1.29, 1.82) is 0 Å². The molecule has 5 heteroatoms. The Balaban J connectivity index is 1.93. The van der Waals surface area contributed by atoms with Crippen LogP contribution in [0.4, 0.5) is 5.95 Å². The Morgan fingerprint density at radius 2 is 1.88 bits per heavy atom. The molecule has 1 amide bonds. The minimum Gasteiger partial charge on any atom is -0.294 e. The normalized spacial score (nSPS) is 17.1. The minimum atomic E-state index is 0.0574. The molecule has 0 radical (unpaired) electrons. The van der Waals surface area contributed by atoms with Crippen molar-refractivity contribution in [3.8, 4) is 0 Å². The van der Waals surface area contributed by atoms with Gasteiger partial charge in [0.25, 0.3) is 0 Å². The first-order chi connectivity index (χ1) is 7.75. The summed E-state index contributed by atoms with van der Waals surface area (Å²) in [5, 5.41) is 2.76. The number of nitrogens with zero attached hydrogens (tertiary/aromatic N) is 2. The van der Waals surface area contributed by atoms with Crippen molar-refractivity contribution in [2.75, 3.05) is 5.32 Å². The SMILES string of the molecule is O=C(Nc1ncc(Br)cn1)C1CCCCC1. The molecule has 0 spiro atoms. The van der Waals surface area contributed by atoms with E-state index in [0.29, 0.717) is 5.95 Å². The van der Waals surface area contributed by atoms with Crippen LogP contribution in [0.3, 0.4) is 0 Å². The first kappa shape index (κ1) is 11.5. The molecule has 1 aromatic heterocycles. The number of hydrogen-bond donors (Lipinski definition) is 1. The molecule has 2 rings (SSSR count). The van der Waals surface area contributed by atoms with Crippen molar-refractivity contribution in [2.45, 2.75) is 32.1 Å². The lowest BCUT2D eigenvalue weighted by Gasteiger charge is -2.20. The molecule has 1 aliphatic rings. The van der Waals surface area contributed by atoms with Gasteiger partial charge in [-0.2, -0.15) is 0 Å². The lowest BCUT2D eigenvalue weighted by Crippen LogP contribution is -2.25. The molecule has 16 heavy (non-hydrogen) atoms. The largest absolute Gasteiger partial charge is 0.294 e. The van der Waals surface area contributed by atoms with Gasteiger partial charge in [-0.25, -0.2) is 9.97 Å². The standard InChI is InChI=1S/C11H14BrN3O/c12-9-6-13-11(14-7-9)15-10(16)8-4-2-1-3-5-8/h6-8H,1-5H2,(H,13,14,15,16). The van der Waals surface area contributed by atoms with Crippen molar-refractivity contribution in [1.82, 2.24) is 9.97 Å². The van der Waals surface area contributed by atoms with Crippen LogP contribution in [0.15, 0.2) is 16.9 Å². The van der Waals surface area contributed by atoms with Crippen LogP contribution in [-0.2, 0) is 4.79 Å². The molecule has 1 aromatic rings. The van der Waals surface area contributed by atoms with Crippen LogP contribution in [0.2, 0.25) is 0 Å². The van der Waals surface area contributed by atoms with E-state index in [-0.39, 0.29) is 11.8 Å². The molecule has 1 fully saturated rings. The summed E-state index contributed by atoms with van der Waals surface area (Å²) >= 11 is 3.25. The number of carbonyl (C=O) groups is 1. The summed E-state index contributed by atoms with van der Waals surface area (Å²) in [5.74, 6) is 0.585. The maximum Gasteiger partial charge on any atom is 0.229 e. The third-order valence-electron chi connectivity index (χ3n) is 2.83. The molecule has 1 saturated carbocycles. The fourth-order valence-corrected chi connectivity index (χ4v) is 2.16. The third kappa shape index (κ3) is 3.01. The minimum absolute atomic E-state index is 0.0574. The molecule has 0 saturated heterocycles. The number of aromatic nitrogens is 2. The van der Waals surface area contributed by atoms with Crippen LogP contribution in [0, 0.1) is 5.92 Å². The average molecular weight is 284 g/mol. The molecule has 0 aliphatic heterocycles. The molecular formula is C11H14BrN3O. The van der Waals surface area contributed by atoms with Crippen molar-refractivity contribution >= 4 is 27.8 Å². The van der Waals surface area contributed by atoms with Crippen LogP contribution < -0.4 is 5.32 Å². The number of carbonyl (C=O) groups excluding carboxylic acids is 1. The summed E-state index contributed by atoms with van der Waals surface area (Å²) in [7, 11) is 0. The quantitative estimate of drug-likeness (QED) is 0.908. The summed E-state index contributed by atoms with van der Waals surface area (Å²) in [6.07, 6.45) is 8.79. The van der Waals surface area contributed by atoms with E-state index >= 15 is 0 Å². The molecule has 1 N–H and O–H groups in total. The van der Waals surface area contributed by atoms with E-state index in [0.717, 1.165) is 30.2 Å². The molecular weight excluding hydrogens is 270 g/mol. The van der Waals surface area contributed by atoms with Crippen LogP contribution in [0.5, 0.6) is 0 Å². The predicted molar refractivity (Wildman–Crippen MR) is 64.9 cm³/mol. The summed E-state index contributed by atoms with van der Waals surface area (Å²) in [5.41, 5.74) is 0. The molecule has 86 valence electrons. The summed E-state index contributed by atoms with van der Waals surface area (Å²) < 4.78 is 0.808. The van der Waals surface area contributed by atoms with Gasteiger partial charge in [-0.05, 0) is 28.8 Å². The summed E-state index contributed by atoms with van der Waals surface area (Å²) in [6, 6.07) is 0. The molecule has 0 atom stereocenters. The zero-order valence-electron chi connectivity index (χ0n) is 8.95. The zero-order valence-corrected chi connectivity index (χ0v) is 10.5. The molecule has 4 nitrogen and oxygen atoms in total. The summed E-state index contributed by atoms with van der Waals surface area (Å²) in [6.45, 7) is 0. The number of anilines is 1. The first-order valence-electron chi connectivity index (χ1n) is 5.54. The fraction of sp³-hybridized carbons (Fsp3) is 0.545. The first-order valence-corrected chi connectivity index (χ1v) is 6.33. The van der Waals surface area contributed by atoms with Crippen molar-refractivity contribution in [2.24, 2.45) is 5.92 Å². The van der Waals surface area contributed by atoms with Gasteiger partial charge in [-0.1, -0.05) is 19.3 Å². The molecule has 0 bridgehead atoms.